The van der Waals surface area contributed by atoms with Gasteiger partial charge in [0, 0.05) is 44.3 Å². The molecule has 4 saturated carbocycles. The fourth-order valence-corrected chi connectivity index (χ4v) is 11.6. The number of likely N-dealkylation sites (tertiary alicyclic amines) is 1. The van der Waals surface area contributed by atoms with Crippen LogP contribution in [0.1, 0.15) is 105 Å². The van der Waals surface area contributed by atoms with Gasteiger partial charge >= 0.3 is 11.9 Å². The molecule has 2 aliphatic heterocycles. The molecule has 0 spiro atoms. The van der Waals surface area contributed by atoms with E-state index in [1.165, 1.54) is 58.0 Å². The Morgan fingerprint density at radius 3 is 2.35 bits per heavy atom. The number of rotatable bonds is 6. The average molecular weight is 668 g/mol. The van der Waals surface area contributed by atoms with Crippen LogP contribution in [0, 0.1) is 34.5 Å². The topological polar surface area (TPSA) is 65.1 Å². The van der Waals surface area contributed by atoms with Crippen LogP contribution in [0.4, 0.5) is 0 Å². The first-order valence-corrected chi connectivity index (χ1v) is 17.6. The molecule has 6 rings (SSSR count). The van der Waals surface area contributed by atoms with Crippen LogP contribution in [-0.2, 0) is 23.8 Å². The molecule has 0 amide bonds. The van der Waals surface area contributed by atoms with Crippen molar-refractivity contribution in [3.63, 3.8) is 0 Å². The third kappa shape index (κ3) is 6.10. The van der Waals surface area contributed by atoms with Crippen molar-refractivity contribution < 1.29 is 45.3 Å². The van der Waals surface area contributed by atoms with E-state index in [-0.39, 0.29) is 58.0 Å². The lowest BCUT2D eigenvalue weighted by Crippen LogP contribution is -3.00. The number of piperidine rings is 1. The van der Waals surface area contributed by atoms with Crippen LogP contribution in [0.3, 0.4) is 0 Å². The summed E-state index contributed by atoms with van der Waals surface area (Å²) in [7, 11) is 2.48. The number of nitrogens with zero attached hydrogens (tertiary/aromatic N) is 2. The molecule has 7 nitrogen and oxygen atoms in total. The first-order valence-electron chi connectivity index (χ1n) is 17.6. The minimum atomic E-state index is -0.140. The Bertz CT molecular complexity index is 999. The fourth-order valence-electron chi connectivity index (χ4n) is 11.6. The maximum absolute atomic E-state index is 13.1. The van der Waals surface area contributed by atoms with Gasteiger partial charge in [-0.05, 0) is 93.3 Å². The van der Waals surface area contributed by atoms with Gasteiger partial charge in [0.05, 0.1) is 33.4 Å². The van der Waals surface area contributed by atoms with E-state index in [0.29, 0.717) is 36.1 Å². The number of likely N-dealkylation sites (N-methyl/N-ethyl adjacent to an activating group) is 1. The highest BCUT2D eigenvalue weighted by molar-refractivity contribution is 5.69. The number of hydrogen-bond donors (Lipinski definition) is 0. The molecule has 246 valence electrons. The summed E-state index contributed by atoms with van der Waals surface area (Å²) in [5, 5.41) is 0. The second-order valence-electron chi connectivity index (χ2n) is 16.0. The lowest BCUT2D eigenvalue weighted by atomic mass is 9.44. The molecule has 0 aromatic carbocycles. The molecule has 2 heterocycles. The zero-order chi connectivity index (χ0) is 29.7. The van der Waals surface area contributed by atoms with Gasteiger partial charge in [-0.3, -0.25) is 14.5 Å². The van der Waals surface area contributed by atoms with E-state index in [1.54, 1.807) is 6.92 Å². The highest BCUT2D eigenvalue weighted by Crippen LogP contribution is 2.67. The van der Waals surface area contributed by atoms with Gasteiger partial charge in [-0.15, -0.1) is 0 Å². The Kier molecular flexibility index (Phi) is 10.3. The predicted molar refractivity (Wildman–Crippen MR) is 163 cm³/mol. The maximum Gasteiger partial charge on any atom is 0.306 e. The summed E-state index contributed by atoms with van der Waals surface area (Å²) in [6.45, 7) is 14.6. The highest BCUT2D eigenvalue weighted by atomic mass is 79.9. The van der Waals surface area contributed by atoms with Gasteiger partial charge in [-0.1, -0.05) is 20.8 Å². The lowest BCUT2D eigenvalue weighted by molar-refractivity contribution is -0.940. The number of ether oxygens (including phenoxy) is 3. The lowest BCUT2D eigenvalue weighted by Gasteiger charge is -2.62. The predicted octanol–water partition coefficient (Wildman–Crippen LogP) is 2.60. The summed E-state index contributed by atoms with van der Waals surface area (Å²) in [6, 6.07) is 0.703. The molecule has 0 aromatic rings. The molecule has 43 heavy (non-hydrogen) atoms. The van der Waals surface area contributed by atoms with Crippen molar-refractivity contribution in [3.05, 3.63) is 0 Å². The van der Waals surface area contributed by atoms with Crippen LogP contribution in [-0.4, -0.2) is 92.1 Å². The summed E-state index contributed by atoms with van der Waals surface area (Å²) in [4.78, 5) is 27.9. The van der Waals surface area contributed by atoms with E-state index in [4.69, 9.17) is 14.2 Å². The van der Waals surface area contributed by atoms with Crippen molar-refractivity contribution in [1.29, 1.82) is 0 Å². The van der Waals surface area contributed by atoms with Crippen molar-refractivity contribution >= 4 is 11.9 Å². The van der Waals surface area contributed by atoms with E-state index in [0.717, 1.165) is 56.5 Å². The van der Waals surface area contributed by atoms with Crippen molar-refractivity contribution in [2.45, 2.75) is 129 Å². The summed E-state index contributed by atoms with van der Waals surface area (Å²) >= 11 is 0. The molecule has 2 saturated heterocycles. The Morgan fingerprint density at radius 1 is 0.953 bits per heavy atom. The molecule has 6 aliphatic rings. The van der Waals surface area contributed by atoms with Crippen molar-refractivity contribution in [2.75, 3.05) is 46.4 Å². The SMILES string of the molecule is CCCC(=O)OC1C([N+]2(C)CCCCC2)C[C@H]2[C@@H]3CCC4CC(OC(C)=O)C(N5CCOCC5)C[C@]4(C)[C@@H]3CC[C@]12C.[Br-]. The van der Waals surface area contributed by atoms with Gasteiger partial charge in [-0.2, -0.15) is 0 Å². The van der Waals surface area contributed by atoms with E-state index in [9.17, 15) is 9.59 Å². The Morgan fingerprint density at radius 2 is 1.67 bits per heavy atom. The third-order valence-electron chi connectivity index (χ3n) is 13.8. The molecule has 5 unspecified atom stereocenters. The summed E-state index contributed by atoms with van der Waals surface area (Å²) in [5.41, 5.74) is 0.315. The van der Waals surface area contributed by atoms with Crippen molar-refractivity contribution in [1.82, 2.24) is 4.90 Å². The molecular formula is C35H59BrN2O5. The number of morpholine rings is 1. The van der Waals surface area contributed by atoms with Crippen LogP contribution in [0.2, 0.25) is 0 Å². The van der Waals surface area contributed by atoms with Gasteiger partial charge < -0.3 is 35.7 Å². The van der Waals surface area contributed by atoms with E-state index >= 15 is 0 Å². The molecular weight excluding hydrogens is 608 g/mol. The molecule has 4 aliphatic carbocycles. The van der Waals surface area contributed by atoms with Crippen LogP contribution in [0.15, 0.2) is 0 Å². The second kappa shape index (κ2) is 13.2. The largest absolute Gasteiger partial charge is 1.00 e. The first kappa shape index (κ1) is 33.7. The van der Waals surface area contributed by atoms with Crippen LogP contribution in [0.5, 0.6) is 0 Å². The van der Waals surface area contributed by atoms with Gasteiger partial charge in [0.25, 0.3) is 0 Å². The number of hydrogen-bond acceptors (Lipinski definition) is 6. The highest BCUT2D eigenvalue weighted by Gasteiger charge is 2.67. The van der Waals surface area contributed by atoms with Crippen LogP contribution >= 0.6 is 0 Å². The second-order valence-corrected chi connectivity index (χ2v) is 16.0. The van der Waals surface area contributed by atoms with Gasteiger partial charge in [-0.25, -0.2) is 0 Å². The molecule has 0 N–H and O–H groups in total. The molecule has 8 heteroatoms. The smallest absolute Gasteiger partial charge is 0.306 e. The van der Waals surface area contributed by atoms with Crippen molar-refractivity contribution in [3.8, 4) is 0 Å². The molecule has 6 fully saturated rings. The van der Waals surface area contributed by atoms with Crippen LogP contribution < -0.4 is 17.0 Å². The van der Waals surface area contributed by atoms with Gasteiger partial charge in [0.15, 0.2) is 6.10 Å². The minimum Gasteiger partial charge on any atom is -1.00 e. The number of fused-ring (bicyclic) bond motifs is 5. The van der Waals surface area contributed by atoms with E-state index in [1.807, 2.05) is 0 Å². The Labute approximate surface area is 271 Å². The van der Waals surface area contributed by atoms with E-state index in [2.05, 4.69) is 32.7 Å². The Balaban J connectivity index is 0.00000368. The molecule has 0 aromatic heterocycles. The summed E-state index contributed by atoms with van der Waals surface area (Å²) in [5.74, 6) is 2.48. The average Bonchev–Trinajstić information content (AvgIpc) is 3.26. The minimum absolute atomic E-state index is 0. The molecule has 10 atom stereocenters. The number of quaternary nitrogens is 1. The molecule has 0 radical (unpaired) electrons. The van der Waals surface area contributed by atoms with Crippen LogP contribution in [0.25, 0.3) is 0 Å². The zero-order valence-corrected chi connectivity index (χ0v) is 29.2. The van der Waals surface area contributed by atoms with Gasteiger partial charge in [0.2, 0.25) is 0 Å². The normalized spacial score (nSPS) is 44.2. The number of esters is 2. The third-order valence-corrected chi connectivity index (χ3v) is 13.8. The number of carbonyl (C=O) groups excluding carboxylic acids is 2. The van der Waals surface area contributed by atoms with E-state index < -0.39 is 0 Å². The maximum atomic E-state index is 13.1. The first-order chi connectivity index (χ1) is 20.1. The summed E-state index contributed by atoms with van der Waals surface area (Å²) < 4.78 is 19.5. The molecule has 0 bridgehead atoms. The summed E-state index contributed by atoms with van der Waals surface area (Å²) in [6.07, 6.45) is 13.6. The fraction of sp³-hybridized carbons (Fsp3) is 0.943. The van der Waals surface area contributed by atoms with Crippen molar-refractivity contribution in [2.24, 2.45) is 34.5 Å². The Hall–Kier alpha value is -0.700. The quantitative estimate of drug-likeness (QED) is 0.321. The zero-order valence-electron chi connectivity index (χ0n) is 27.7. The van der Waals surface area contributed by atoms with Gasteiger partial charge in [0.1, 0.15) is 12.1 Å². The monoisotopic (exact) mass is 666 g/mol. The number of halogens is 1. The number of carbonyl (C=O) groups is 2. The standard InChI is InChI=1S/C35H59N2O5.BrH/c1-6-10-32(39)42-33-30(37(5)17-8-7-9-18-37)22-28-26-12-11-25-21-31(41-24(2)38)29(36-15-19-40-20-16-36)23-35(25,4)27(26)13-14-34(28,33)3;/h25-31,33H,6-23H2,1-5H3;1H/q+1;/p-1/t25?,26-,27-,28+,29?,30?,31?,33?,34+,35+;/m1./s1.